The molecule has 0 N–H and O–H groups in total. The Hall–Kier alpha value is -4.64. The number of carbonyl (C=O) groups excluding carboxylic acids is 1. The molecule has 0 saturated heterocycles. The van der Waals surface area contributed by atoms with E-state index in [0.29, 0.717) is 5.56 Å². The van der Waals surface area contributed by atoms with Crippen molar-refractivity contribution in [2.75, 3.05) is 19.2 Å². The molecular formula is C32H28N2O3. The van der Waals surface area contributed by atoms with Gasteiger partial charge in [-0.2, -0.15) is 5.10 Å². The second-order valence-corrected chi connectivity index (χ2v) is 8.77. The number of rotatable bonds is 8. The molecule has 1 atom stereocenters. The highest BCUT2D eigenvalue weighted by Crippen LogP contribution is 2.37. The molecule has 5 rings (SSSR count). The minimum absolute atomic E-state index is 0.0517. The molecule has 0 bridgehead atoms. The number of ether oxygens (including phenoxy) is 2. The maximum Gasteiger partial charge on any atom is 0.185 e. The van der Waals surface area contributed by atoms with Gasteiger partial charge in [-0.15, -0.1) is 0 Å². The molecule has 5 heteroatoms. The molecule has 0 amide bonds. The lowest BCUT2D eigenvalue weighted by atomic mass is 9.98. The Balaban J connectivity index is 1.37. The van der Waals surface area contributed by atoms with E-state index in [1.165, 1.54) is 5.56 Å². The van der Waals surface area contributed by atoms with Crippen LogP contribution in [0.1, 0.15) is 39.5 Å². The van der Waals surface area contributed by atoms with Crippen LogP contribution in [-0.4, -0.2) is 25.7 Å². The largest absolute Gasteiger partial charge is 0.497 e. The molecule has 37 heavy (non-hydrogen) atoms. The van der Waals surface area contributed by atoms with Crippen LogP contribution < -0.4 is 14.5 Å². The van der Waals surface area contributed by atoms with Crippen LogP contribution in [0.5, 0.6) is 11.5 Å². The quantitative estimate of drug-likeness (QED) is 0.199. The number of hydrogen-bond donors (Lipinski definition) is 0. The first-order valence-electron chi connectivity index (χ1n) is 12.2. The zero-order chi connectivity index (χ0) is 25.6. The van der Waals surface area contributed by atoms with E-state index < -0.39 is 0 Å². The van der Waals surface area contributed by atoms with Gasteiger partial charge in [0.15, 0.2) is 5.78 Å². The zero-order valence-corrected chi connectivity index (χ0v) is 20.9. The van der Waals surface area contributed by atoms with Crippen molar-refractivity contribution >= 4 is 23.3 Å². The maximum atomic E-state index is 12.5. The van der Waals surface area contributed by atoms with Crippen LogP contribution in [-0.2, 0) is 0 Å². The Morgan fingerprint density at radius 3 is 2.05 bits per heavy atom. The summed E-state index contributed by atoms with van der Waals surface area (Å²) in [5.74, 6) is 1.50. The normalized spacial score (nSPS) is 15.0. The fourth-order valence-electron chi connectivity index (χ4n) is 4.40. The molecule has 4 aromatic rings. The number of benzene rings is 4. The molecule has 1 aliphatic heterocycles. The van der Waals surface area contributed by atoms with Gasteiger partial charge in [-0.05, 0) is 83.4 Å². The van der Waals surface area contributed by atoms with Gasteiger partial charge in [-0.1, -0.05) is 48.5 Å². The summed E-state index contributed by atoms with van der Waals surface area (Å²) >= 11 is 0. The van der Waals surface area contributed by atoms with Crippen LogP contribution in [0.2, 0.25) is 0 Å². The molecule has 0 fully saturated rings. The van der Waals surface area contributed by atoms with Crippen LogP contribution in [0.4, 0.5) is 5.69 Å². The number of hydrogen-bond acceptors (Lipinski definition) is 5. The van der Waals surface area contributed by atoms with Gasteiger partial charge in [-0.25, -0.2) is 0 Å². The first-order valence-corrected chi connectivity index (χ1v) is 12.2. The molecule has 1 unspecified atom stereocenters. The third-order valence-corrected chi connectivity index (χ3v) is 6.48. The molecule has 184 valence electrons. The lowest BCUT2D eigenvalue weighted by molar-refractivity contribution is 0.104. The number of allylic oxidation sites excluding steroid dienone is 1. The summed E-state index contributed by atoms with van der Waals surface area (Å²) in [6.45, 7) is 0. The van der Waals surface area contributed by atoms with Gasteiger partial charge < -0.3 is 9.47 Å². The van der Waals surface area contributed by atoms with Crippen molar-refractivity contribution in [3.63, 3.8) is 0 Å². The summed E-state index contributed by atoms with van der Waals surface area (Å²) in [4.78, 5) is 12.5. The smallest absolute Gasteiger partial charge is 0.185 e. The van der Waals surface area contributed by atoms with Gasteiger partial charge in [0.2, 0.25) is 0 Å². The number of carbonyl (C=O) groups is 1. The molecule has 1 heterocycles. The highest BCUT2D eigenvalue weighted by Gasteiger charge is 2.29. The third kappa shape index (κ3) is 5.46. The summed E-state index contributed by atoms with van der Waals surface area (Å²) < 4.78 is 10.5. The predicted molar refractivity (Wildman–Crippen MR) is 149 cm³/mol. The Morgan fingerprint density at radius 1 is 0.811 bits per heavy atom. The topological polar surface area (TPSA) is 51.1 Å². The summed E-state index contributed by atoms with van der Waals surface area (Å²) in [5, 5.41) is 7.11. The zero-order valence-electron chi connectivity index (χ0n) is 20.9. The predicted octanol–water partition coefficient (Wildman–Crippen LogP) is 6.96. The highest BCUT2D eigenvalue weighted by molar-refractivity contribution is 6.07. The molecular weight excluding hydrogens is 460 g/mol. The van der Waals surface area contributed by atoms with E-state index >= 15 is 0 Å². The summed E-state index contributed by atoms with van der Waals surface area (Å²) in [6.07, 6.45) is 4.23. The first kappa shape index (κ1) is 24.1. The Morgan fingerprint density at radius 2 is 1.43 bits per heavy atom. The van der Waals surface area contributed by atoms with Crippen LogP contribution in [0.15, 0.2) is 114 Å². The van der Waals surface area contributed by atoms with E-state index in [2.05, 4.69) is 41.4 Å². The van der Waals surface area contributed by atoms with Crippen molar-refractivity contribution < 1.29 is 14.3 Å². The van der Waals surface area contributed by atoms with Gasteiger partial charge in [-0.3, -0.25) is 9.80 Å². The van der Waals surface area contributed by atoms with Gasteiger partial charge >= 0.3 is 0 Å². The molecule has 5 nitrogen and oxygen atoms in total. The lowest BCUT2D eigenvalue weighted by Crippen LogP contribution is -2.18. The van der Waals surface area contributed by atoms with Crippen LogP contribution >= 0.6 is 0 Å². The summed E-state index contributed by atoms with van der Waals surface area (Å²) in [7, 11) is 3.28. The molecule has 0 radical (unpaired) electrons. The Labute approximate surface area is 217 Å². The average molecular weight is 489 g/mol. The van der Waals surface area contributed by atoms with Crippen molar-refractivity contribution in [3.8, 4) is 11.5 Å². The van der Waals surface area contributed by atoms with E-state index in [1.807, 2.05) is 48.5 Å². The van der Waals surface area contributed by atoms with E-state index in [-0.39, 0.29) is 11.8 Å². The molecule has 1 aliphatic rings. The third-order valence-electron chi connectivity index (χ3n) is 6.48. The molecule has 0 saturated carbocycles. The van der Waals surface area contributed by atoms with Gasteiger partial charge in [0.05, 0.1) is 31.7 Å². The van der Waals surface area contributed by atoms with Crippen LogP contribution in [0.25, 0.3) is 6.08 Å². The molecule has 4 aromatic carbocycles. The van der Waals surface area contributed by atoms with Gasteiger partial charge in [0.25, 0.3) is 0 Å². The summed E-state index contributed by atoms with van der Waals surface area (Å²) in [6, 6.07) is 33.8. The fourth-order valence-corrected chi connectivity index (χ4v) is 4.40. The second kappa shape index (κ2) is 11.0. The standard InChI is InChI=1S/C32H28N2O3/c1-36-28-17-11-24(12-18-28)30-22-31(25-6-4-3-5-7-25)34(33-30)27-15-8-23(9-16-27)10-21-32(35)26-13-19-29(37-2)20-14-26/h3-21,31H,22H2,1-2H3. The maximum absolute atomic E-state index is 12.5. The van der Waals surface area contributed by atoms with Crippen molar-refractivity contribution in [3.05, 3.63) is 131 Å². The summed E-state index contributed by atoms with van der Waals surface area (Å²) in [5.41, 5.74) is 5.89. The minimum Gasteiger partial charge on any atom is -0.497 e. The minimum atomic E-state index is -0.0517. The average Bonchev–Trinajstić information content (AvgIpc) is 3.42. The van der Waals surface area contributed by atoms with Crippen molar-refractivity contribution in [1.29, 1.82) is 0 Å². The Bertz CT molecular complexity index is 1410. The van der Waals surface area contributed by atoms with Crippen molar-refractivity contribution in [2.45, 2.75) is 12.5 Å². The first-order chi connectivity index (χ1) is 18.1. The van der Waals surface area contributed by atoms with E-state index in [4.69, 9.17) is 14.6 Å². The van der Waals surface area contributed by atoms with Gasteiger partial charge in [0, 0.05) is 12.0 Å². The molecule has 0 aromatic heterocycles. The fraction of sp³-hybridized carbons (Fsp3) is 0.125. The van der Waals surface area contributed by atoms with Crippen LogP contribution in [0.3, 0.4) is 0 Å². The Kier molecular flexibility index (Phi) is 7.13. The molecule has 0 aliphatic carbocycles. The van der Waals surface area contributed by atoms with Crippen molar-refractivity contribution in [1.82, 2.24) is 0 Å². The molecule has 0 spiro atoms. The number of anilines is 1. The number of hydrazone groups is 1. The highest BCUT2D eigenvalue weighted by atomic mass is 16.5. The van der Waals surface area contributed by atoms with E-state index in [1.54, 1.807) is 44.6 Å². The van der Waals surface area contributed by atoms with E-state index in [9.17, 15) is 4.79 Å². The van der Waals surface area contributed by atoms with Gasteiger partial charge in [0.1, 0.15) is 11.5 Å². The monoisotopic (exact) mass is 488 g/mol. The lowest BCUT2D eigenvalue weighted by Gasteiger charge is -2.24. The number of ketones is 1. The van der Waals surface area contributed by atoms with Crippen molar-refractivity contribution in [2.24, 2.45) is 5.10 Å². The SMILES string of the molecule is COc1ccc(C(=O)C=Cc2ccc(N3N=C(c4ccc(OC)cc4)CC3c3ccccc3)cc2)cc1. The second-order valence-electron chi connectivity index (χ2n) is 8.77. The number of nitrogens with zero attached hydrogens (tertiary/aromatic N) is 2. The van der Waals surface area contributed by atoms with E-state index in [0.717, 1.165) is 40.4 Å². The number of methoxy groups -OCH3 is 2. The van der Waals surface area contributed by atoms with Crippen LogP contribution in [0, 0.1) is 0 Å².